The molecule has 0 aliphatic rings. The predicted molar refractivity (Wildman–Crippen MR) is 106 cm³/mol. The van der Waals surface area contributed by atoms with Gasteiger partial charge in [0.25, 0.3) is 0 Å². The van der Waals surface area contributed by atoms with Gasteiger partial charge in [-0.3, -0.25) is 0 Å². The maximum absolute atomic E-state index is 5.98. The van der Waals surface area contributed by atoms with Crippen LogP contribution in [0.3, 0.4) is 0 Å². The average Bonchev–Trinajstić information content (AvgIpc) is 2.60. The van der Waals surface area contributed by atoms with Gasteiger partial charge >= 0.3 is 0 Å². The third-order valence-electron chi connectivity index (χ3n) is 3.48. The largest absolute Gasteiger partial charge is 0.457 e. The monoisotopic (exact) mass is 372 g/mol. The van der Waals surface area contributed by atoms with Crippen LogP contribution in [-0.4, -0.2) is 13.1 Å². The summed E-state index contributed by atoms with van der Waals surface area (Å²) in [6.07, 6.45) is 0. The molecule has 0 radical (unpaired) electrons. The van der Waals surface area contributed by atoms with Gasteiger partial charge in [0.2, 0.25) is 0 Å². The molecule has 5 heteroatoms. The van der Waals surface area contributed by atoms with Crippen molar-refractivity contribution >= 4 is 34.6 Å². The van der Waals surface area contributed by atoms with Crippen LogP contribution in [0, 0.1) is 0 Å². The first-order chi connectivity index (χ1) is 12.2. The highest BCUT2D eigenvalue weighted by atomic mass is 35.5. The fraction of sp³-hybridized carbons (Fsp3) is 0.100. The number of halogens is 2. The summed E-state index contributed by atoms with van der Waals surface area (Å²) in [5.74, 6) is 1.64. The quantitative estimate of drug-likeness (QED) is 0.476. The number of ether oxygens (including phenoxy) is 1. The van der Waals surface area contributed by atoms with Crippen LogP contribution in [0.25, 0.3) is 0 Å². The Bertz CT molecular complexity index is 787. The minimum atomic E-state index is 0.622. The van der Waals surface area contributed by atoms with Crippen LogP contribution in [-0.2, 0) is 0 Å². The van der Waals surface area contributed by atoms with Crippen molar-refractivity contribution in [2.45, 2.75) is 0 Å². The molecule has 0 aliphatic carbocycles. The van der Waals surface area contributed by atoms with Crippen molar-refractivity contribution in [3.05, 3.63) is 82.8 Å². The Hall–Kier alpha value is -2.36. The SMILES string of the molecule is Clc1cc(Cl)cc(NCCNc2ccc(Oc3ccccc3)cc2)c1. The number of rotatable bonds is 7. The van der Waals surface area contributed by atoms with Crippen molar-refractivity contribution in [1.29, 1.82) is 0 Å². The first-order valence-electron chi connectivity index (χ1n) is 7.96. The van der Waals surface area contributed by atoms with Crippen molar-refractivity contribution in [1.82, 2.24) is 0 Å². The van der Waals surface area contributed by atoms with Crippen molar-refractivity contribution in [2.24, 2.45) is 0 Å². The van der Waals surface area contributed by atoms with Crippen LogP contribution < -0.4 is 15.4 Å². The molecule has 0 atom stereocenters. The number of hydrogen-bond donors (Lipinski definition) is 2. The molecule has 2 N–H and O–H groups in total. The van der Waals surface area contributed by atoms with Crippen LogP contribution in [0.4, 0.5) is 11.4 Å². The second kappa shape index (κ2) is 8.65. The Morgan fingerprint density at radius 1 is 0.640 bits per heavy atom. The lowest BCUT2D eigenvalue weighted by Gasteiger charge is -2.10. The maximum atomic E-state index is 5.98. The van der Waals surface area contributed by atoms with Gasteiger partial charge in [-0.05, 0) is 54.6 Å². The Kier molecular flexibility index (Phi) is 6.04. The first-order valence-corrected chi connectivity index (χ1v) is 8.71. The molecule has 0 bridgehead atoms. The molecule has 0 saturated carbocycles. The van der Waals surface area contributed by atoms with E-state index in [4.69, 9.17) is 27.9 Å². The number of benzene rings is 3. The van der Waals surface area contributed by atoms with E-state index < -0.39 is 0 Å². The van der Waals surface area contributed by atoms with Gasteiger partial charge in [-0.15, -0.1) is 0 Å². The lowest BCUT2D eigenvalue weighted by atomic mass is 10.3. The van der Waals surface area contributed by atoms with E-state index in [1.165, 1.54) is 0 Å². The average molecular weight is 373 g/mol. The summed E-state index contributed by atoms with van der Waals surface area (Å²) in [5, 5.41) is 7.88. The lowest BCUT2D eigenvalue weighted by Crippen LogP contribution is -2.13. The van der Waals surface area contributed by atoms with E-state index in [1.807, 2.05) is 66.7 Å². The molecule has 0 aliphatic heterocycles. The number of para-hydroxylation sites is 1. The third-order valence-corrected chi connectivity index (χ3v) is 3.92. The normalized spacial score (nSPS) is 10.3. The van der Waals surface area contributed by atoms with E-state index in [2.05, 4.69) is 10.6 Å². The predicted octanol–water partition coefficient (Wildman–Crippen LogP) is 6.31. The minimum absolute atomic E-state index is 0.622. The fourth-order valence-electron chi connectivity index (χ4n) is 2.34. The van der Waals surface area contributed by atoms with Gasteiger partial charge < -0.3 is 15.4 Å². The van der Waals surface area contributed by atoms with E-state index in [0.717, 1.165) is 36.0 Å². The van der Waals surface area contributed by atoms with Crippen LogP contribution in [0.1, 0.15) is 0 Å². The summed E-state index contributed by atoms with van der Waals surface area (Å²) >= 11 is 12.0. The second-order valence-corrected chi connectivity index (χ2v) is 6.32. The summed E-state index contributed by atoms with van der Waals surface area (Å²) < 4.78 is 5.77. The van der Waals surface area contributed by atoms with Crippen molar-refractivity contribution < 1.29 is 4.74 Å². The van der Waals surface area contributed by atoms with Gasteiger partial charge in [0.15, 0.2) is 0 Å². The molecule has 0 aromatic heterocycles. The summed E-state index contributed by atoms with van der Waals surface area (Å²) in [5.41, 5.74) is 1.94. The van der Waals surface area contributed by atoms with Gasteiger partial charge in [0.05, 0.1) is 0 Å². The molecular weight excluding hydrogens is 355 g/mol. The van der Waals surface area contributed by atoms with Crippen molar-refractivity contribution in [3.63, 3.8) is 0 Å². The molecule has 0 fully saturated rings. The Balaban J connectivity index is 1.45. The van der Waals surface area contributed by atoms with Crippen LogP contribution in [0.15, 0.2) is 72.8 Å². The van der Waals surface area contributed by atoms with Crippen molar-refractivity contribution in [3.8, 4) is 11.5 Å². The Morgan fingerprint density at radius 2 is 1.20 bits per heavy atom. The van der Waals surface area contributed by atoms with Crippen molar-refractivity contribution in [2.75, 3.05) is 23.7 Å². The number of hydrogen-bond acceptors (Lipinski definition) is 3. The zero-order valence-electron chi connectivity index (χ0n) is 13.5. The summed E-state index contributed by atoms with van der Waals surface area (Å²) in [4.78, 5) is 0. The molecule has 0 unspecified atom stereocenters. The van der Waals surface area contributed by atoms with Crippen LogP contribution in [0.2, 0.25) is 10.0 Å². The molecule has 0 heterocycles. The number of nitrogens with one attached hydrogen (secondary N) is 2. The molecule has 3 aromatic carbocycles. The molecule has 0 amide bonds. The highest BCUT2D eigenvalue weighted by Crippen LogP contribution is 2.23. The Labute approximate surface area is 157 Å². The zero-order valence-corrected chi connectivity index (χ0v) is 15.0. The van der Waals surface area contributed by atoms with Crippen LogP contribution in [0.5, 0.6) is 11.5 Å². The van der Waals surface area contributed by atoms with E-state index in [9.17, 15) is 0 Å². The highest BCUT2D eigenvalue weighted by Gasteiger charge is 1.99. The highest BCUT2D eigenvalue weighted by molar-refractivity contribution is 6.35. The standard InChI is InChI=1S/C20H18Cl2N2O/c21-15-12-16(22)14-18(13-15)24-11-10-23-17-6-8-20(9-7-17)25-19-4-2-1-3-5-19/h1-9,12-14,23-24H,10-11H2. The number of anilines is 2. The molecular formula is C20H18Cl2N2O. The van der Waals surface area contributed by atoms with Gasteiger partial charge in [0.1, 0.15) is 11.5 Å². The Morgan fingerprint density at radius 3 is 1.84 bits per heavy atom. The van der Waals surface area contributed by atoms with E-state index in [-0.39, 0.29) is 0 Å². The van der Waals surface area contributed by atoms with Gasteiger partial charge in [0, 0.05) is 34.5 Å². The van der Waals surface area contributed by atoms with E-state index in [0.29, 0.717) is 10.0 Å². The third kappa shape index (κ3) is 5.59. The maximum Gasteiger partial charge on any atom is 0.127 e. The molecule has 3 aromatic rings. The summed E-state index contributed by atoms with van der Waals surface area (Å²) in [6.45, 7) is 1.52. The lowest BCUT2D eigenvalue weighted by molar-refractivity contribution is 0.483. The fourth-order valence-corrected chi connectivity index (χ4v) is 2.86. The smallest absolute Gasteiger partial charge is 0.127 e. The van der Waals surface area contributed by atoms with E-state index >= 15 is 0 Å². The van der Waals surface area contributed by atoms with Gasteiger partial charge in [-0.1, -0.05) is 41.4 Å². The topological polar surface area (TPSA) is 33.3 Å². The molecule has 128 valence electrons. The van der Waals surface area contributed by atoms with Crippen LogP contribution >= 0.6 is 23.2 Å². The summed E-state index contributed by atoms with van der Waals surface area (Å²) in [7, 11) is 0. The van der Waals surface area contributed by atoms with Gasteiger partial charge in [-0.25, -0.2) is 0 Å². The molecule has 0 spiro atoms. The molecule has 3 nitrogen and oxygen atoms in total. The molecule has 0 saturated heterocycles. The molecule has 25 heavy (non-hydrogen) atoms. The van der Waals surface area contributed by atoms with E-state index in [1.54, 1.807) is 6.07 Å². The summed E-state index contributed by atoms with van der Waals surface area (Å²) in [6, 6.07) is 23.0. The minimum Gasteiger partial charge on any atom is -0.457 e. The van der Waals surface area contributed by atoms with Gasteiger partial charge in [-0.2, -0.15) is 0 Å². The zero-order chi connectivity index (χ0) is 17.5. The second-order valence-electron chi connectivity index (χ2n) is 5.45. The molecule has 3 rings (SSSR count). The first kappa shape index (κ1) is 17.5.